The third kappa shape index (κ3) is 4.79. The molecule has 3 fully saturated rings. The van der Waals surface area contributed by atoms with Gasteiger partial charge in [-0.05, 0) is 58.0 Å². The van der Waals surface area contributed by atoms with Crippen molar-refractivity contribution in [2.24, 2.45) is 5.92 Å². The maximum Gasteiger partial charge on any atom is 0.234 e. The molecule has 7 nitrogen and oxygen atoms in total. The molecule has 25 heavy (non-hydrogen) atoms. The minimum Gasteiger partial charge on any atom is -0.352 e. The molecule has 2 saturated carbocycles. The van der Waals surface area contributed by atoms with Gasteiger partial charge in [0.2, 0.25) is 11.8 Å². The first-order chi connectivity index (χ1) is 12.2. The number of rotatable bonds is 7. The summed E-state index contributed by atoms with van der Waals surface area (Å²) in [4.78, 5) is 21.4. The third-order valence-corrected chi connectivity index (χ3v) is 5.54. The molecule has 1 aromatic rings. The van der Waals surface area contributed by atoms with Gasteiger partial charge >= 0.3 is 0 Å². The van der Waals surface area contributed by atoms with Crippen LogP contribution in [0.4, 0.5) is 0 Å². The molecule has 4 rings (SSSR count). The molecule has 1 saturated heterocycles. The molecule has 0 aromatic carbocycles. The van der Waals surface area contributed by atoms with Crippen LogP contribution in [-0.2, 0) is 11.3 Å². The molecule has 2 heterocycles. The van der Waals surface area contributed by atoms with Crippen molar-refractivity contribution in [2.75, 3.05) is 32.7 Å². The Hall–Kier alpha value is -1.47. The largest absolute Gasteiger partial charge is 0.352 e. The minimum absolute atomic E-state index is 0.167. The number of nitrogens with zero attached hydrogens (tertiary/aromatic N) is 4. The molecular weight excluding hydrogens is 318 g/mol. The second-order valence-corrected chi connectivity index (χ2v) is 7.92. The topological polar surface area (TPSA) is 74.5 Å². The molecule has 0 bridgehead atoms. The van der Waals surface area contributed by atoms with Gasteiger partial charge in [-0.1, -0.05) is 5.16 Å². The number of carbonyl (C=O) groups is 1. The molecule has 138 valence electrons. The molecule has 2 aliphatic carbocycles. The molecule has 7 heteroatoms. The van der Waals surface area contributed by atoms with E-state index in [0.29, 0.717) is 24.4 Å². The standard InChI is InChI=1S/C18H29N5O2/c1-13(14-3-4-14)19-17(24)12-23-8-2-7-22(9-10-23)11-16-20-18(25-21-16)15-5-6-15/h13-15H,2-12H2,1H3,(H,19,24). The van der Waals surface area contributed by atoms with Gasteiger partial charge in [0, 0.05) is 25.0 Å². The summed E-state index contributed by atoms with van der Waals surface area (Å²) in [6.07, 6.45) is 5.96. The summed E-state index contributed by atoms with van der Waals surface area (Å²) in [7, 11) is 0. The number of amides is 1. The highest BCUT2D eigenvalue weighted by molar-refractivity contribution is 5.78. The van der Waals surface area contributed by atoms with Gasteiger partial charge in [0.25, 0.3) is 0 Å². The smallest absolute Gasteiger partial charge is 0.234 e. The molecule has 0 spiro atoms. The second-order valence-electron chi connectivity index (χ2n) is 7.92. The molecule has 1 atom stereocenters. The van der Waals surface area contributed by atoms with Crippen molar-refractivity contribution in [1.29, 1.82) is 0 Å². The normalized spacial score (nSPS) is 24.0. The Balaban J connectivity index is 1.21. The van der Waals surface area contributed by atoms with Gasteiger partial charge in [0.15, 0.2) is 5.82 Å². The SMILES string of the molecule is CC(NC(=O)CN1CCCN(Cc2noc(C3CC3)n2)CC1)C1CC1. The van der Waals surface area contributed by atoms with E-state index in [1.165, 1.54) is 25.7 Å². The van der Waals surface area contributed by atoms with Crippen molar-refractivity contribution in [2.45, 2.75) is 57.5 Å². The Labute approximate surface area is 149 Å². The van der Waals surface area contributed by atoms with Crippen LogP contribution in [-0.4, -0.2) is 64.6 Å². The lowest BCUT2D eigenvalue weighted by Gasteiger charge is -2.21. The van der Waals surface area contributed by atoms with Gasteiger partial charge in [-0.25, -0.2) is 0 Å². The van der Waals surface area contributed by atoms with Crippen LogP contribution in [0.1, 0.15) is 56.7 Å². The number of hydrogen-bond donors (Lipinski definition) is 1. The van der Waals surface area contributed by atoms with Crippen molar-refractivity contribution < 1.29 is 9.32 Å². The van der Waals surface area contributed by atoms with Crippen molar-refractivity contribution >= 4 is 5.91 Å². The number of carbonyl (C=O) groups excluding carboxylic acids is 1. The van der Waals surface area contributed by atoms with E-state index >= 15 is 0 Å². The van der Waals surface area contributed by atoms with Crippen LogP contribution >= 0.6 is 0 Å². The summed E-state index contributed by atoms with van der Waals surface area (Å²) >= 11 is 0. The zero-order chi connectivity index (χ0) is 17.2. The summed E-state index contributed by atoms with van der Waals surface area (Å²) < 4.78 is 5.35. The molecule has 1 amide bonds. The van der Waals surface area contributed by atoms with Crippen LogP contribution in [0.3, 0.4) is 0 Å². The zero-order valence-electron chi connectivity index (χ0n) is 15.1. The lowest BCUT2D eigenvalue weighted by molar-refractivity contribution is -0.123. The maximum atomic E-state index is 12.2. The van der Waals surface area contributed by atoms with Gasteiger partial charge in [-0.3, -0.25) is 14.6 Å². The molecular formula is C18H29N5O2. The van der Waals surface area contributed by atoms with E-state index in [1.807, 2.05) is 0 Å². The van der Waals surface area contributed by atoms with Crippen LogP contribution in [0.25, 0.3) is 0 Å². The lowest BCUT2D eigenvalue weighted by Crippen LogP contribution is -2.43. The fourth-order valence-electron chi connectivity index (χ4n) is 3.59. The Morgan fingerprint density at radius 2 is 1.96 bits per heavy atom. The predicted octanol–water partition coefficient (Wildman–Crippen LogP) is 1.37. The van der Waals surface area contributed by atoms with E-state index in [0.717, 1.165) is 50.9 Å². The van der Waals surface area contributed by atoms with Crippen LogP contribution in [0.5, 0.6) is 0 Å². The van der Waals surface area contributed by atoms with E-state index in [9.17, 15) is 4.79 Å². The lowest BCUT2D eigenvalue weighted by atomic mass is 10.2. The summed E-state index contributed by atoms with van der Waals surface area (Å²) in [5, 5.41) is 7.27. The monoisotopic (exact) mass is 347 g/mol. The first-order valence-electron chi connectivity index (χ1n) is 9.74. The van der Waals surface area contributed by atoms with Gasteiger partial charge in [0.05, 0.1) is 13.1 Å². The summed E-state index contributed by atoms with van der Waals surface area (Å²) in [6, 6.07) is 0.329. The average molecular weight is 347 g/mol. The molecule has 1 aliphatic heterocycles. The van der Waals surface area contributed by atoms with Crippen LogP contribution in [0, 0.1) is 5.92 Å². The summed E-state index contributed by atoms with van der Waals surface area (Å²) in [5.74, 6) is 3.00. The Kier molecular flexibility index (Phi) is 5.03. The maximum absolute atomic E-state index is 12.2. The van der Waals surface area contributed by atoms with Crippen LogP contribution in [0.15, 0.2) is 4.52 Å². The average Bonchev–Trinajstić information content (AvgIpc) is 3.47. The predicted molar refractivity (Wildman–Crippen MR) is 92.9 cm³/mol. The first-order valence-corrected chi connectivity index (χ1v) is 9.74. The van der Waals surface area contributed by atoms with Crippen LogP contribution in [0.2, 0.25) is 0 Å². The second kappa shape index (κ2) is 7.41. The Morgan fingerprint density at radius 3 is 2.72 bits per heavy atom. The number of nitrogens with one attached hydrogen (secondary N) is 1. The highest BCUT2D eigenvalue weighted by atomic mass is 16.5. The third-order valence-electron chi connectivity index (χ3n) is 5.54. The fraction of sp³-hybridized carbons (Fsp3) is 0.833. The fourth-order valence-corrected chi connectivity index (χ4v) is 3.59. The van der Waals surface area contributed by atoms with Crippen molar-refractivity contribution in [3.05, 3.63) is 11.7 Å². The van der Waals surface area contributed by atoms with Crippen LogP contribution < -0.4 is 5.32 Å². The molecule has 1 N–H and O–H groups in total. The highest BCUT2D eigenvalue weighted by Gasteiger charge is 2.30. The van der Waals surface area contributed by atoms with Gasteiger partial charge in [-0.2, -0.15) is 4.98 Å². The molecule has 1 unspecified atom stereocenters. The van der Waals surface area contributed by atoms with E-state index < -0.39 is 0 Å². The van der Waals surface area contributed by atoms with Gasteiger partial charge < -0.3 is 9.84 Å². The van der Waals surface area contributed by atoms with E-state index in [1.54, 1.807) is 0 Å². The zero-order valence-corrected chi connectivity index (χ0v) is 15.1. The quantitative estimate of drug-likeness (QED) is 0.803. The molecule has 1 aromatic heterocycles. The number of hydrogen-bond acceptors (Lipinski definition) is 6. The van der Waals surface area contributed by atoms with Crippen molar-refractivity contribution in [3.63, 3.8) is 0 Å². The first kappa shape index (κ1) is 17.0. The van der Waals surface area contributed by atoms with Gasteiger partial charge in [0.1, 0.15) is 0 Å². The molecule has 0 radical (unpaired) electrons. The summed E-state index contributed by atoms with van der Waals surface area (Å²) in [5.41, 5.74) is 0. The summed E-state index contributed by atoms with van der Waals surface area (Å²) in [6.45, 7) is 7.23. The van der Waals surface area contributed by atoms with E-state index in [2.05, 4.69) is 32.2 Å². The van der Waals surface area contributed by atoms with Crippen molar-refractivity contribution in [3.8, 4) is 0 Å². The Bertz CT molecular complexity index is 596. The van der Waals surface area contributed by atoms with E-state index in [4.69, 9.17) is 4.52 Å². The minimum atomic E-state index is 0.167. The highest BCUT2D eigenvalue weighted by Crippen LogP contribution is 2.38. The number of aromatic nitrogens is 2. The van der Waals surface area contributed by atoms with Gasteiger partial charge in [-0.15, -0.1) is 0 Å². The van der Waals surface area contributed by atoms with E-state index in [-0.39, 0.29) is 5.91 Å². The Morgan fingerprint density at radius 1 is 1.20 bits per heavy atom. The molecule has 3 aliphatic rings. The van der Waals surface area contributed by atoms with Crippen molar-refractivity contribution in [1.82, 2.24) is 25.3 Å².